The Kier molecular flexibility index (Phi) is 6.09. The molecule has 0 aliphatic heterocycles. The molecular weight excluding hydrogens is 370 g/mol. The van der Waals surface area contributed by atoms with Crippen molar-refractivity contribution >= 4 is 33.4 Å². The third-order valence-corrected chi connectivity index (χ3v) is 3.81. The number of aryl methyl sites for hydroxylation is 1. The molecule has 6 heteroatoms. The third-order valence-electron chi connectivity index (χ3n) is 3.37. The average molecular weight is 390 g/mol. The molecule has 1 aromatic heterocycles. The van der Waals surface area contributed by atoms with Crippen molar-refractivity contribution < 1.29 is 9.59 Å². The van der Waals surface area contributed by atoms with Gasteiger partial charge in [-0.15, -0.1) is 0 Å². The van der Waals surface area contributed by atoms with E-state index in [1.165, 1.54) is 6.20 Å². The molecule has 5 nitrogen and oxygen atoms in total. The molecule has 0 saturated heterocycles. The molecule has 0 bridgehead atoms. The summed E-state index contributed by atoms with van der Waals surface area (Å²) in [6.45, 7) is 6.57. The summed E-state index contributed by atoms with van der Waals surface area (Å²) in [5, 5.41) is 5.72. The Balaban J connectivity index is 2.09. The molecule has 2 amide bonds. The summed E-state index contributed by atoms with van der Waals surface area (Å²) in [5.41, 5.74) is 2.53. The molecule has 2 rings (SSSR count). The van der Waals surface area contributed by atoms with E-state index >= 15 is 0 Å². The van der Waals surface area contributed by atoms with Crippen LogP contribution in [0.25, 0.3) is 0 Å². The number of nitrogens with one attached hydrogen (secondary N) is 2. The molecule has 0 atom stereocenters. The zero-order chi connectivity index (χ0) is 17.7. The van der Waals surface area contributed by atoms with Crippen LogP contribution in [0.3, 0.4) is 0 Å². The number of nitrogens with zero attached hydrogens (tertiary/aromatic N) is 1. The van der Waals surface area contributed by atoms with E-state index in [2.05, 4.69) is 31.5 Å². The highest BCUT2D eigenvalue weighted by atomic mass is 79.9. The van der Waals surface area contributed by atoms with Crippen molar-refractivity contribution in [3.8, 4) is 0 Å². The largest absolute Gasteiger partial charge is 0.352 e. The fraction of sp³-hybridized carbons (Fsp3) is 0.278. The van der Waals surface area contributed by atoms with Gasteiger partial charge < -0.3 is 10.6 Å². The van der Waals surface area contributed by atoms with Gasteiger partial charge in [0, 0.05) is 34.7 Å². The molecule has 2 aromatic rings. The van der Waals surface area contributed by atoms with Crippen LogP contribution >= 0.6 is 15.9 Å². The van der Waals surface area contributed by atoms with Crippen molar-refractivity contribution in [2.45, 2.75) is 20.8 Å². The van der Waals surface area contributed by atoms with Gasteiger partial charge in [0.05, 0.1) is 5.56 Å². The number of hydrogen-bond acceptors (Lipinski definition) is 3. The van der Waals surface area contributed by atoms with Gasteiger partial charge in [0.1, 0.15) is 0 Å². The second kappa shape index (κ2) is 8.06. The Labute approximate surface area is 150 Å². The zero-order valence-corrected chi connectivity index (χ0v) is 15.5. The van der Waals surface area contributed by atoms with Gasteiger partial charge in [-0.3, -0.25) is 14.6 Å². The number of carbonyl (C=O) groups excluding carboxylic acids is 2. The van der Waals surface area contributed by atoms with E-state index in [4.69, 9.17) is 0 Å². The Morgan fingerprint density at radius 3 is 2.50 bits per heavy atom. The van der Waals surface area contributed by atoms with Crippen molar-refractivity contribution in [2.75, 3.05) is 11.9 Å². The quantitative estimate of drug-likeness (QED) is 0.816. The van der Waals surface area contributed by atoms with E-state index in [0.717, 1.165) is 10.0 Å². The number of rotatable bonds is 5. The minimum atomic E-state index is -0.246. The van der Waals surface area contributed by atoms with E-state index in [1.54, 1.807) is 30.5 Å². The predicted octanol–water partition coefficient (Wildman–Crippen LogP) is 3.79. The second-order valence-electron chi connectivity index (χ2n) is 5.98. The Morgan fingerprint density at radius 2 is 1.88 bits per heavy atom. The van der Waals surface area contributed by atoms with Crippen LogP contribution in [0.2, 0.25) is 0 Å². The lowest BCUT2D eigenvalue weighted by Crippen LogP contribution is -2.27. The monoisotopic (exact) mass is 389 g/mol. The average Bonchev–Trinajstić information content (AvgIpc) is 2.54. The van der Waals surface area contributed by atoms with Crippen molar-refractivity contribution in [1.29, 1.82) is 0 Å². The number of hydrogen-bond donors (Lipinski definition) is 2. The lowest BCUT2D eigenvalue weighted by atomic mass is 10.1. The van der Waals surface area contributed by atoms with Gasteiger partial charge in [0.15, 0.2) is 0 Å². The Bertz CT molecular complexity index is 760. The molecule has 0 fully saturated rings. The highest BCUT2D eigenvalue weighted by molar-refractivity contribution is 9.10. The van der Waals surface area contributed by atoms with Crippen LogP contribution in [0.4, 0.5) is 5.69 Å². The second-order valence-corrected chi connectivity index (χ2v) is 6.90. The summed E-state index contributed by atoms with van der Waals surface area (Å²) in [7, 11) is 0. The molecule has 0 saturated carbocycles. The zero-order valence-electron chi connectivity index (χ0n) is 13.9. The lowest BCUT2D eigenvalue weighted by Gasteiger charge is -2.11. The normalized spacial score (nSPS) is 10.5. The first-order valence-electron chi connectivity index (χ1n) is 7.67. The molecule has 0 unspecified atom stereocenters. The number of pyridine rings is 1. The fourth-order valence-corrected chi connectivity index (χ4v) is 2.44. The highest BCUT2D eigenvalue weighted by Gasteiger charge is 2.11. The van der Waals surface area contributed by atoms with Crippen LogP contribution in [0.15, 0.2) is 41.1 Å². The first-order chi connectivity index (χ1) is 11.4. The summed E-state index contributed by atoms with van der Waals surface area (Å²) < 4.78 is 0.740. The molecular formula is C18H20BrN3O2. The maximum Gasteiger partial charge on any atom is 0.257 e. The number of halogens is 1. The Morgan fingerprint density at radius 1 is 1.12 bits per heavy atom. The van der Waals surface area contributed by atoms with Crippen LogP contribution in [0.5, 0.6) is 0 Å². The van der Waals surface area contributed by atoms with Crippen molar-refractivity contribution in [1.82, 2.24) is 10.3 Å². The summed E-state index contributed by atoms with van der Waals surface area (Å²) in [6.07, 6.45) is 3.12. The molecule has 0 spiro atoms. The number of aromatic nitrogens is 1. The number of amides is 2. The van der Waals surface area contributed by atoms with Crippen molar-refractivity contribution in [3.05, 3.63) is 57.8 Å². The summed E-state index contributed by atoms with van der Waals surface area (Å²) in [4.78, 5) is 28.3. The smallest absolute Gasteiger partial charge is 0.257 e. The van der Waals surface area contributed by atoms with Gasteiger partial charge in [0.25, 0.3) is 11.8 Å². The maximum absolute atomic E-state index is 12.3. The van der Waals surface area contributed by atoms with Crippen molar-refractivity contribution in [2.24, 2.45) is 5.92 Å². The van der Waals surface area contributed by atoms with Crippen molar-refractivity contribution in [3.63, 3.8) is 0 Å². The van der Waals surface area contributed by atoms with Gasteiger partial charge >= 0.3 is 0 Å². The van der Waals surface area contributed by atoms with E-state index in [1.807, 2.05) is 20.8 Å². The minimum absolute atomic E-state index is 0.110. The fourth-order valence-electron chi connectivity index (χ4n) is 2.07. The summed E-state index contributed by atoms with van der Waals surface area (Å²) in [6, 6.07) is 6.91. The van der Waals surface area contributed by atoms with E-state index in [9.17, 15) is 9.59 Å². The van der Waals surface area contributed by atoms with E-state index in [0.29, 0.717) is 29.3 Å². The minimum Gasteiger partial charge on any atom is -0.352 e. The molecule has 2 N–H and O–H groups in total. The molecule has 1 heterocycles. The summed E-state index contributed by atoms with van der Waals surface area (Å²) >= 11 is 3.29. The first kappa shape index (κ1) is 18.1. The van der Waals surface area contributed by atoms with Gasteiger partial charge in [-0.25, -0.2) is 0 Å². The Hall–Kier alpha value is -2.21. The predicted molar refractivity (Wildman–Crippen MR) is 98.2 cm³/mol. The van der Waals surface area contributed by atoms with Gasteiger partial charge in [0.2, 0.25) is 0 Å². The number of carbonyl (C=O) groups is 2. The first-order valence-corrected chi connectivity index (χ1v) is 8.47. The van der Waals surface area contributed by atoms with Crippen LogP contribution in [0.1, 0.15) is 40.1 Å². The van der Waals surface area contributed by atoms with Crippen LogP contribution in [-0.2, 0) is 0 Å². The molecule has 1 aromatic carbocycles. The van der Waals surface area contributed by atoms with Crippen LogP contribution < -0.4 is 10.6 Å². The third kappa shape index (κ3) is 4.89. The SMILES string of the molecule is Cc1cc(C(=O)NCC(C)C)ccc1NC(=O)c1cncc(Br)c1. The maximum atomic E-state index is 12.3. The topological polar surface area (TPSA) is 71.1 Å². The molecule has 0 aliphatic rings. The molecule has 0 radical (unpaired) electrons. The number of anilines is 1. The highest BCUT2D eigenvalue weighted by Crippen LogP contribution is 2.18. The lowest BCUT2D eigenvalue weighted by molar-refractivity contribution is 0.0948. The van der Waals surface area contributed by atoms with E-state index < -0.39 is 0 Å². The summed E-state index contributed by atoms with van der Waals surface area (Å²) in [5.74, 6) is 0.0391. The van der Waals surface area contributed by atoms with Gasteiger partial charge in [-0.05, 0) is 58.6 Å². The standard InChI is InChI=1S/C18H20BrN3O2/c1-11(2)8-21-17(23)13-4-5-16(12(3)6-13)22-18(24)14-7-15(19)10-20-9-14/h4-7,9-11H,8H2,1-3H3,(H,21,23)(H,22,24). The number of benzene rings is 1. The molecule has 126 valence electrons. The van der Waals surface area contributed by atoms with Gasteiger partial charge in [-0.2, -0.15) is 0 Å². The van der Waals surface area contributed by atoms with Crippen LogP contribution in [0, 0.1) is 12.8 Å². The van der Waals surface area contributed by atoms with E-state index in [-0.39, 0.29) is 11.8 Å². The molecule has 24 heavy (non-hydrogen) atoms. The van der Waals surface area contributed by atoms with Gasteiger partial charge in [-0.1, -0.05) is 13.8 Å². The molecule has 0 aliphatic carbocycles. The van der Waals surface area contributed by atoms with Crippen LogP contribution in [-0.4, -0.2) is 23.3 Å².